The molecule has 1 heteroatoms. The fourth-order valence-electron chi connectivity index (χ4n) is 2.52. The minimum atomic E-state index is 1.06. The lowest BCUT2D eigenvalue weighted by Crippen LogP contribution is -2.38. The van der Waals surface area contributed by atoms with E-state index in [1.54, 1.807) is 11.3 Å². The van der Waals surface area contributed by atoms with E-state index < -0.39 is 0 Å². The first-order valence-electron chi connectivity index (χ1n) is 4.95. The van der Waals surface area contributed by atoms with Gasteiger partial charge in [-0.2, -0.15) is 0 Å². The van der Waals surface area contributed by atoms with Gasteiger partial charge in [0.1, 0.15) is 5.69 Å². The van der Waals surface area contributed by atoms with Crippen molar-refractivity contribution in [1.29, 1.82) is 0 Å². The molecule has 0 N–H and O–H groups in total. The molecule has 70 valence electrons. The molecular weight excluding hydrogens is 158 g/mol. The number of benzene rings is 1. The third kappa shape index (κ3) is 1.19. The lowest BCUT2D eigenvalue weighted by Gasteiger charge is -2.25. The molecule has 1 aliphatic rings. The summed E-state index contributed by atoms with van der Waals surface area (Å²) < 4.78 is 1.06. The van der Waals surface area contributed by atoms with Gasteiger partial charge in [-0.05, 0) is 19.4 Å². The van der Waals surface area contributed by atoms with Crippen LogP contribution in [0, 0.1) is 13.8 Å². The Morgan fingerprint density at radius 3 is 2.31 bits per heavy atom. The van der Waals surface area contributed by atoms with Crippen molar-refractivity contribution in [3.8, 4) is 0 Å². The Morgan fingerprint density at radius 1 is 1.08 bits per heavy atom. The molecule has 0 atom stereocenters. The first kappa shape index (κ1) is 8.76. The van der Waals surface area contributed by atoms with E-state index in [1.807, 2.05) is 0 Å². The highest BCUT2D eigenvalue weighted by Gasteiger charge is 2.32. The Kier molecular flexibility index (Phi) is 1.74. The van der Waals surface area contributed by atoms with Crippen molar-refractivity contribution in [3.05, 3.63) is 28.8 Å². The van der Waals surface area contributed by atoms with Crippen LogP contribution in [0.4, 0.5) is 5.69 Å². The van der Waals surface area contributed by atoms with Gasteiger partial charge in [0.05, 0.1) is 20.6 Å². The zero-order valence-corrected chi connectivity index (χ0v) is 9.02. The van der Waals surface area contributed by atoms with Crippen LogP contribution < -0.4 is 4.48 Å². The van der Waals surface area contributed by atoms with E-state index in [0.717, 1.165) is 4.48 Å². The summed E-state index contributed by atoms with van der Waals surface area (Å²) in [4.78, 5) is 0. The minimum Gasteiger partial charge on any atom is -0.295 e. The molecule has 0 aromatic heterocycles. The fourth-order valence-corrected chi connectivity index (χ4v) is 2.52. The van der Waals surface area contributed by atoms with Crippen molar-refractivity contribution >= 4 is 5.69 Å². The smallest absolute Gasteiger partial charge is 0.139 e. The van der Waals surface area contributed by atoms with Crippen molar-refractivity contribution in [3.63, 3.8) is 0 Å². The molecule has 13 heavy (non-hydrogen) atoms. The summed E-state index contributed by atoms with van der Waals surface area (Å²) in [6.45, 7) is 5.70. The van der Waals surface area contributed by atoms with E-state index in [-0.39, 0.29) is 0 Å². The molecule has 0 aliphatic carbocycles. The molecule has 1 aromatic carbocycles. The van der Waals surface area contributed by atoms with Crippen molar-refractivity contribution in [2.75, 3.05) is 20.6 Å². The Bertz CT molecular complexity index is 350. The number of rotatable bonds is 0. The van der Waals surface area contributed by atoms with Crippen LogP contribution in [0.15, 0.2) is 12.1 Å². The monoisotopic (exact) mass is 176 g/mol. The van der Waals surface area contributed by atoms with Crippen LogP contribution >= 0.6 is 0 Å². The standard InChI is InChI=1S/C12H18N/c1-9-5-6-10(2)12-11(9)7-8-13(12,3)4/h5-6H,7-8H2,1-4H3/q+1. The second-order valence-electron chi connectivity index (χ2n) is 4.69. The second kappa shape index (κ2) is 2.58. The highest BCUT2D eigenvalue weighted by atomic mass is 15.3. The summed E-state index contributed by atoms with van der Waals surface area (Å²) in [5, 5.41) is 0. The molecule has 0 fully saturated rings. The summed E-state index contributed by atoms with van der Waals surface area (Å²) in [5.74, 6) is 0. The van der Waals surface area contributed by atoms with Gasteiger partial charge in [-0.25, -0.2) is 0 Å². The average Bonchev–Trinajstić information content (AvgIpc) is 2.36. The van der Waals surface area contributed by atoms with E-state index in [1.165, 1.54) is 24.1 Å². The van der Waals surface area contributed by atoms with Crippen LogP contribution in [-0.4, -0.2) is 20.6 Å². The number of fused-ring (bicyclic) bond motifs is 1. The number of aryl methyl sites for hydroxylation is 2. The quantitative estimate of drug-likeness (QED) is 0.533. The molecule has 0 spiro atoms. The van der Waals surface area contributed by atoms with Crippen molar-refractivity contribution < 1.29 is 0 Å². The van der Waals surface area contributed by atoms with Gasteiger partial charge in [0.25, 0.3) is 0 Å². The summed E-state index contributed by atoms with van der Waals surface area (Å²) in [5.41, 5.74) is 6.05. The normalized spacial score (nSPS) is 18.8. The topological polar surface area (TPSA) is 0 Å². The lowest BCUT2D eigenvalue weighted by atomic mass is 10.0. The van der Waals surface area contributed by atoms with Crippen LogP contribution in [0.5, 0.6) is 0 Å². The summed E-state index contributed by atoms with van der Waals surface area (Å²) >= 11 is 0. The minimum absolute atomic E-state index is 1.06. The van der Waals surface area contributed by atoms with Crippen molar-refractivity contribution in [2.24, 2.45) is 0 Å². The fraction of sp³-hybridized carbons (Fsp3) is 0.500. The first-order valence-corrected chi connectivity index (χ1v) is 4.95. The summed E-state index contributed by atoms with van der Waals surface area (Å²) in [6.07, 6.45) is 1.25. The molecular formula is C12H18N+. The molecule has 1 heterocycles. The van der Waals surface area contributed by atoms with Gasteiger partial charge in [-0.15, -0.1) is 0 Å². The third-order valence-corrected chi connectivity index (χ3v) is 3.24. The Labute approximate surface area is 80.6 Å². The third-order valence-electron chi connectivity index (χ3n) is 3.24. The Balaban J connectivity index is 2.70. The number of nitrogens with zero attached hydrogens (tertiary/aromatic N) is 1. The van der Waals surface area contributed by atoms with E-state index in [2.05, 4.69) is 40.1 Å². The van der Waals surface area contributed by atoms with Crippen LogP contribution in [0.2, 0.25) is 0 Å². The molecule has 0 saturated heterocycles. The van der Waals surface area contributed by atoms with E-state index >= 15 is 0 Å². The largest absolute Gasteiger partial charge is 0.295 e. The van der Waals surface area contributed by atoms with E-state index in [4.69, 9.17) is 0 Å². The molecule has 1 aliphatic heterocycles. The van der Waals surface area contributed by atoms with Crippen LogP contribution in [0.3, 0.4) is 0 Å². The summed E-state index contributed by atoms with van der Waals surface area (Å²) in [6, 6.07) is 4.50. The van der Waals surface area contributed by atoms with Crippen LogP contribution in [-0.2, 0) is 6.42 Å². The van der Waals surface area contributed by atoms with Gasteiger partial charge >= 0.3 is 0 Å². The maximum atomic E-state index is 2.30. The zero-order chi connectivity index (χ0) is 9.64. The van der Waals surface area contributed by atoms with Crippen LogP contribution in [0.25, 0.3) is 0 Å². The molecule has 0 saturated carbocycles. The number of quaternary nitrogens is 1. The van der Waals surface area contributed by atoms with Gasteiger partial charge < -0.3 is 0 Å². The lowest BCUT2D eigenvalue weighted by molar-refractivity contribution is 0.431. The highest BCUT2D eigenvalue weighted by molar-refractivity contribution is 5.61. The highest BCUT2D eigenvalue weighted by Crippen LogP contribution is 2.36. The Hall–Kier alpha value is -0.820. The van der Waals surface area contributed by atoms with Gasteiger partial charge in [0.15, 0.2) is 0 Å². The molecule has 2 rings (SSSR count). The SMILES string of the molecule is Cc1ccc(C)c2c1CC[N+]2(C)C. The van der Waals surface area contributed by atoms with E-state index in [9.17, 15) is 0 Å². The van der Waals surface area contributed by atoms with Gasteiger partial charge in [-0.1, -0.05) is 12.1 Å². The zero-order valence-electron chi connectivity index (χ0n) is 9.02. The maximum absolute atomic E-state index is 2.30. The Morgan fingerprint density at radius 2 is 1.69 bits per heavy atom. The first-order chi connectivity index (χ1) is 6.02. The molecule has 0 unspecified atom stereocenters. The average molecular weight is 176 g/mol. The van der Waals surface area contributed by atoms with Gasteiger partial charge in [-0.3, -0.25) is 4.48 Å². The van der Waals surface area contributed by atoms with E-state index in [0.29, 0.717) is 0 Å². The number of hydrogen-bond acceptors (Lipinski definition) is 0. The molecule has 1 aromatic rings. The second-order valence-corrected chi connectivity index (χ2v) is 4.69. The van der Waals surface area contributed by atoms with Gasteiger partial charge in [0, 0.05) is 17.5 Å². The molecule has 0 amide bonds. The summed E-state index contributed by atoms with van der Waals surface area (Å²) in [7, 11) is 4.61. The van der Waals surface area contributed by atoms with Crippen molar-refractivity contribution in [1.82, 2.24) is 4.48 Å². The predicted octanol–water partition coefficient (Wildman–Crippen LogP) is 2.43. The maximum Gasteiger partial charge on any atom is 0.139 e. The van der Waals surface area contributed by atoms with Crippen LogP contribution in [0.1, 0.15) is 16.7 Å². The molecule has 1 nitrogen and oxygen atoms in total. The number of hydrogen-bond donors (Lipinski definition) is 0. The molecule has 0 bridgehead atoms. The van der Waals surface area contributed by atoms with Crippen molar-refractivity contribution in [2.45, 2.75) is 20.3 Å². The molecule has 0 radical (unpaired) electrons. The van der Waals surface area contributed by atoms with Gasteiger partial charge in [0.2, 0.25) is 0 Å². The predicted molar refractivity (Wildman–Crippen MR) is 58.1 cm³/mol. The number of likely N-dealkylation sites (N-methyl/N-ethyl adjacent to an activating group) is 1.